The van der Waals surface area contributed by atoms with Crippen LogP contribution in [-0.2, 0) is 9.59 Å². The first kappa shape index (κ1) is 23.5. The second-order valence-corrected chi connectivity index (χ2v) is 10.4. The molecule has 184 valence electrons. The van der Waals surface area contributed by atoms with Crippen molar-refractivity contribution >= 4 is 40.7 Å². The van der Waals surface area contributed by atoms with Crippen molar-refractivity contribution in [1.29, 1.82) is 0 Å². The van der Waals surface area contributed by atoms with Gasteiger partial charge in [0.2, 0.25) is 11.8 Å². The van der Waals surface area contributed by atoms with E-state index in [0.717, 1.165) is 10.6 Å². The van der Waals surface area contributed by atoms with E-state index in [9.17, 15) is 19.2 Å². The number of amides is 4. The summed E-state index contributed by atoms with van der Waals surface area (Å²) in [5.41, 5.74) is 1.71. The minimum atomic E-state index is -0.318. The van der Waals surface area contributed by atoms with E-state index in [1.165, 1.54) is 16.2 Å². The smallest absolute Gasteiger partial charge is 0.264 e. The average molecular weight is 495 g/mol. The quantitative estimate of drug-likeness (QED) is 0.611. The molecule has 5 rings (SSSR count). The van der Waals surface area contributed by atoms with E-state index in [0.29, 0.717) is 63.2 Å². The summed E-state index contributed by atoms with van der Waals surface area (Å²) in [6.45, 7) is 7.11. The summed E-state index contributed by atoms with van der Waals surface area (Å²) in [6.07, 6.45) is 1.40. The molecule has 0 spiro atoms. The van der Waals surface area contributed by atoms with Gasteiger partial charge in [-0.15, -0.1) is 11.3 Å². The molecule has 2 saturated heterocycles. The maximum Gasteiger partial charge on any atom is 0.264 e. The maximum absolute atomic E-state index is 13.5. The lowest BCUT2D eigenvalue weighted by Gasteiger charge is -2.39. The Balaban J connectivity index is 1.27. The number of hydrogen-bond acceptors (Lipinski definition) is 6. The van der Waals surface area contributed by atoms with Gasteiger partial charge >= 0.3 is 0 Å². The fourth-order valence-electron chi connectivity index (χ4n) is 5.42. The molecule has 0 bridgehead atoms. The van der Waals surface area contributed by atoms with E-state index < -0.39 is 0 Å². The van der Waals surface area contributed by atoms with Gasteiger partial charge in [-0.25, -0.2) is 0 Å². The standard InChI is InChI=1S/C26H30N4O4S/c1-17(22-7-4-16-35-22)30-25(33)20-5-3-6-21(23(20)26(30)34)28-10-8-19(9-11-28)24(32)29-14-12-27(13-15-29)18(2)31/h3-7,16-17,19H,8-15H2,1-2H3/t17-/m0/s1. The molecule has 8 nitrogen and oxygen atoms in total. The minimum Gasteiger partial charge on any atom is -0.371 e. The molecule has 4 heterocycles. The molecule has 0 radical (unpaired) electrons. The van der Waals surface area contributed by atoms with Crippen molar-refractivity contribution in [2.75, 3.05) is 44.2 Å². The Morgan fingerprint density at radius 3 is 2.23 bits per heavy atom. The highest BCUT2D eigenvalue weighted by molar-refractivity contribution is 7.10. The Hall–Kier alpha value is -3.20. The lowest BCUT2D eigenvalue weighted by Crippen LogP contribution is -2.52. The summed E-state index contributed by atoms with van der Waals surface area (Å²) in [7, 11) is 0. The summed E-state index contributed by atoms with van der Waals surface area (Å²) in [4.78, 5) is 59.4. The fraction of sp³-hybridized carbons (Fsp3) is 0.462. The van der Waals surface area contributed by atoms with Crippen LogP contribution in [0, 0.1) is 5.92 Å². The number of piperidine rings is 1. The zero-order chi connectivity index (χ0) is 24.7. The van der Waals surface area contributed by atoms with Crippen LogP contribution < -0.4 is 4.90 Å². The van der Waals surface area contributed by atoms with E-state index in [1.54, 1.807) is 17.9 Å². The second-order valence-electron chi connectivity index (χ2n) is 9.46. The maximum atomic E-state index is 13.5. The Morgan fingerprint density at radius 1 is 0.914 bits per heavy atom. The Labute approximate surface area is 209 Å². The van der Waals surface area contributed by atoms with Gasteiger partial charge in [-0.3, -0.25) is 24.1 Å². The third-order valence-electron chi connectivity index (χ3n) is 7.49. The van der Waals surface area contributed by atoms with Crippen LogP contribution in [0.25, 0.3) is 0 Å². The van der Waals surface area contributed by atoms with E-state index in [-0.39, 0.29) is 35.6 Å². The number of benzene rings is 1. The number of thiophene rings is 1. The first-order valence-electron chi connectivity index (χ1n) is 12.2. The number of anilines is 1. The highest BCUT2D eigenvalue weighted by Crippen LogP contribution is 2.38. The molecule has 4 amide bonds. The normalized spacial score (nSPS) is 19.8. The third-order valence-corrected chi connectivity index (χ3v) is 8.53. The summed E-state index contributed by atoms with van der Waals surface area (Å²) >= 11 is 1.54. The first-order valence-corrected chi connectivity index (χ1v) is 13.1. The lowest BCUT2D eigenvalue weighted by molar-refractivity contribution is -0.141. The van der Waals surface area contributed by atoms with Gasteiger partial charge in [0.05, 0.1) is 22.9 Å². The molecule has 1 aromatic carbocycles. The molecular formula is C26H30N4O4S. The average Bonchev–Trinajstić information content (AvgIpc) is 3.51. The number of imide groups is 1. The Morgan fingerprint density at radius 2 is 1.60 bits per heavy atom. The highest BCUT2D eigenvalue weighted by Gasteiger charge is 2.42. The van der Waals surface area contributed by atoms with Crippen molar-refractivity contribution in [1.82, 2.24) is 14.7 Å². The van der Waals surface area contributed by atoms with Crippen LogP contribution in [0.1, 0.15) is 58.3 Å². The van der Waals surface area contributed by atoms with Crippen LogP contribution in [-0.4, -0.2) is 77.6 Å². The molecule has 0 saturated carbocycles. The van der Waals surface area contributed by atoms with Crippen LogP contribution in [0.15, 0.2) is 35.7 Å². The predicted molar refractivity (Wildman–Crippen MR) is 133 cm³/mol. The Bertz CT molecular complexity index is 1150. The van der Waals surface area contributed by atoms with E-state index in [4.69, 9.17) is 0 Å². The Kier molecular flexibility index (Phi) is 6.35. The summed E-state index contributed by atoms with van der Waals surface area (Å²) < 4.78 is 0. The van der Waals surface area contributed by atoms with Gasteiger partial charge in [0.25, 0.3) is 11.8 Å². The SMILES string of the molecule is CC(=O)N1CCN(C(=O)C2CCN(c3cccc4c3C(=O)N([C@@H](C)c3cccs3)C4=O)CC2)CC1. The van der Waals surface area contributed by atoms with Crippen molar-refractivity contribution in [3.63, 3.8) is 0 Å². The van der Waals surface area contributed by atoms with Gasteiger partial charge in [0, 0.05) is 57.0 Å². The molecule has 0 unspecified atom stereocenters. The van der Waals surface area contributed by atoms with Crippen LogP contribution >= 0.6 is 11.3 Å². The second kappa shape index (κ2) is 9.45. The van der Waals surface area contributed by atoms with Gasteiger partial charge in [0.15, 0.2) is 0 Å². The number of carbonyl (C=O) groups is 4. The molecule has 3 aliphatic rings. The van der Waals surface area contributed by atoms with E-state index in [1.807, 2.05) is 41.5 Å². The number of rotatable bonds is 4. The van der Waals surface area contributed by atoms with Crippen molar-refractivity contribution < 1.29 is 19.2 Å². The number of piperazine rings is 1. The third kappa shape index (κ3) is 4.22. The van der Waals surface area contributed by atoms with Crippen molar-refractivity contribution in [2.24, 2.45) is 5.92 Å². The van der Waals surface area contributed by atoms with Gasteiger partial charge in [-0.1, -0.05) is 12.1 Å². The van der Waals surface area contributed by atoms with Crippen LogP contribution in [0.4, 0.5) is 5.69 Å². The first-order chi connectivity index (χ1) is 16.9. The molecule has 9 heteroatoms. The summed E-state index contributed by atoms with van der Waals surface area (Å²) in [5.74, 6) is -0.337. The molecule has 35 heavy (non-hydrogen) atoms. The largest absolute Gasteiger partial charge is 0.371 e. The monoisotopic (exact) mass is 494 g/mol. The van der Waals surface area contributed by atoms with Crippen molar-refractivity contribution in [2.45, 2.75) is 32.7 Å². The topological polar surface area (TPSA) is 81.2 Å². The highest BCUT2D eigenvalue weighted by atomic mass is 32.1. The molecule has 0 aliphatic carbocycles. The van der Waals surface area contributed by atoms with Crippen molar-refractivity contribution in [3.8, 4) is 0 Å². The van der Waals surface area contributed by atoms with Gasteiger partial charge < -0.3 is 14.7 Å². The number of hydrogen-bond donors (Lipinski definition) is 0. The molecule has 2 fully saturated rings. The van der Waals surface area contributed by atoms with Crippen LogP contribution in [0.5, 0.6) is 0 Å². The van der Waals surface area contributed by atoms with Crippen LogP contribution in [0.2, 0.25) is 0 Å². The molecule has 0 N–H and O–H groups in total. The zero-order valence-corrected chi connectivity index (χ0v) is 20.9. The molecule has 2 aromatic rings. The number of fused-ring (bicyclic) bond motifs is 1. The zero-order valence-electron chi connectivity index (χ0n) is 20.1. The van der Waals surface area contributed by atoms with Gasteiger partial charge in [-0.2, -0.15) is 0 Å². The van der Waals surface area contributed by atoms with Crippen LogP contribution in [0.3, 0.4) is 0 Å². The van der Waals surface area contributed by atoms with E-state index >= 15 is 0 Å². The lowest BCUT2D eigenvalue weighted by atomic mass is 9.93. The van der Waals surface area contributed by atoms with E-state index in [2.05, 4.69) is 4.90 Å². The molecule has 3 aliphatic heterocycles. The summed E-state index contributed by atoms with van der Waals surface area (Å²) in [6, 6.07) is 9.03. The minimum absolute atomic E-state index is 0.0529. The fourth-order valence-corrected chi connectivity index (χ4v) is 6.20. The molecule has 1 aromatic heterocycles. The predicted octanol–water partition coefficient (Wildman–Crippen LogP) is 3.01. The molecular weight excluding hydrogens is 464 g/mol. The number of nitrogens with zero attached hydrogens (tertiary/aromatic N) is 4. The van der Waals surface area contributed by atoms with Gasteiger partial charge in [0.1, 0.15) is 0 Å². The summed E-state index contributed by atoms with van der Waals surface area (Å²) in [5, 5.41) is 1.95. The number of carbonyl (C=O) groups excluding carboxylic acids is 4. The van der Waals surface area contributed by atoms with Crippen molar-refractivity contribution in [3.05, 3.63) is 51.7 Å². The van der Waals surface area contributed by atoms with Gasteiger partial charge in [-0.05, 0) is 43.3 Å². The molecule has 1 atom stereocenters.